The van der Waals surface area contributed by atoms with Gasteiger partial charge in [0.05, 0.1) is 18.2 Å². The number of benzene rings is 2. The van der Waals surface area contributed by atoms with E-state index >= 15 is 0 Å². The van der Waals surface area contributed by atoms with Crippen molar-refractivity contribution < 1.29 is 19.1 Å². The molecule has 2 heterocycles. The van der Waals surface area contributed by atoms with Crippen molar-refractivity contribution in [3.8, 4) is 0 Å². The van der Waals surface area contributed by atoms with Crippen LogP contribution in [0.5, 0.6) is 0 Å². The van der Waals surface area contributed by atoms with Crippen molar-refractivity contribution in [3.05, 3.63) is 98.5 Å². The van der Waals surface area contributed by atoms with E-state index in [1.807, 2.05) is 17.5 Å². The number of ketones is 1. The Balaban J connectivity index is 1.94. The highest BCUT2D eigenvalue weighted by Crippen LogP contribution is 2.43. The van der Waals surface area contributed by atoms with Crippen molar-refractivity contribution in [2.24, 2.45) is 0 Å². The molecule has 2 aromatic carbocycles. The van der Waals surface area contributed by atoms with Crippen LogP contribution in [0, 0.1) is 5.82 Å². The second-order valence-corrected chi connectivity index (χ2v) is 7.95. The number of aliphatic hydroxyl groups excluding tert-OH is 1. The zero-order valence-corrected chi connectivity index (χ0v) is 16.6. The maximum Gasteiger partial charge on any atom is 0.295 e. The van der Waals surface area contributed by atoms with Crippen LogP contribution >= 0.6 is 22.9 Å². The second kappa shape index (κ2) is 7.81. The molecular weight excluding hydrogens is 413 g/mol. The van der Waals surface area contributed by atoms with Crippen molar-refractivity contribution in [3.63, 3.8) is 0 Å². The van der Waals surface area contributed by atoms with Gasteiger partial charge in [0, 0.05) is 21.0 Å². The van der Waals surface area contributed by atoms with E-state index in [9.17, 15) is 19.1 Å². The zero-order valence-electron chi connectivity index (χ0n) is 15.0. The van der Waals surface area contributed by atoms with Gasteiger partial charge >= 0.3 is 0 Å². The SMILES string of the molecule is O=C1C(=O)N(Cc2cccs2)C(c2c(F)cccc2Cl)/C1=C(\O)c1ccccc1. The van der Waals surface area contributed by atoms with Gasteiger partial charge in [0.25, 0.3) is 11.7 Å². The third-order valence-electron chi connectivity index (χ3n) is 4.77. The summed E-state index contributed by atoms with van der Waals surface area (Å²) in [7, 11) is 0. The lowest BCUT2D eigenvalue weighted by Crippen LogP contribution is -2.29. The quantitative estimate of drug-likeness (QED) is 0.355. The van der Waals surface area contributed by atoms with Gasteiger partial charge in [0.15, 0.2) is 0 Å². The number of carbonyl (C=O) groups is 2. The Kier molecular flexibility index (Phi) is 5.22. The highest BCUT2D eigenvalue weighted by molar-refractivity contribution is 7.09. The Morgan fingerprint density at radius 1 is 1.07 bits per heavy atom. The van der Waals surface area contributed by atoms with Gasteiger partial charge in [0.2, 0.25) is 0 Å². The number of hydrogen-bond acceptors (Lipinski definition) is 4. The van der Waals surface area contributed by atoms with Gasteiger partial charge < -0.3 is 10.0 Å². The minimum atomic E-state index is -1.13. The van der Waals surface area contributed by atoms with E-state index in [0.29, 0.717) is 5.56 Å². The molecule has 1 atom stereocenters. The second-order valence-electron chi connectivity index (χ2n) is 6.51. The van der Waals surface area contributed by atoms with Crippen molar-refractivity contribution in [1.82, 2.24) is 4.90 Å². The fraction of sp³-hybridized carbons (Fsp3) is 0.0909. The number of hydrogen-bond donors (Lipinski definition) is 1. The van der Waals surface area contributed by atoms with Crippen LogP contribution in [0.15, 0.2) is 71.6 Å². The van der Waals surface area contributed by atoms with Crippen LogP contribution in [0.3, 0.4) is 0 Å². The van der Waals surface area contributed by atoms with Crippen LogP contribution in [0.2, 0.25) is 5.02 Å². The molecule has 1 unspecified atom stereocenters. The summed E-state index contributed by atoms with van der Waals surface area (Å²) in [6, 6.07) is 15.1. The number of rotatable bonds is 4. The molecular formula is C22H15ClFNO3S. The Bertz CT molecular complexity index is 1090. The molecule has 7 heteroatoms. The molecule has 0 spiro atoms. The molecule has 29 heavy (non-hydrogen) atoms. The van der Waals surface area contributed by atoms with Gasteiger partial charge in [-0.1, -0.05) is 54.1 Å². The molecule has 4 nitrogen and oxygen atoms in total. The molecule has 0 radical (unpaired) electrons. The lowest BCUT2D eigenvalue weighted by Gasteiger charge is -2.26. The van der Waals surface area contributed by atoms with Crippen molar-refractivity contribution in [1.29, 1.82) is 0 Å². The average molecular weight is 428 g/mol. The molecule has 1 aliphatic heterocycles. The van der Waals surface area contributed by atoms with Gasteiger partial charge in [-0.05, 0) is 23.6 Å². The summed E-state index contributed by atoms with van der Waals surface area (Å²) in [5.41, 5.74) is 0.172. The van der Waals surface area contributed by atoms with Crippen molar-refractivity contribution >= 4 is 40.4 Å². The number of carbonyl (C=O) groups excluding carboxylic acids is 2. The summed E-state index contributed by atoms with van der Waals surface area (Å²) in [5, 5.41) is 12.8. The van der Waals surface area contributed by atoms with Crippen LogP contribution in [0.25, 0.3) is 5.76 Å². The summed E-state index contributed by atoms with van der Waals surface area (Å²) in [4.78, 5) is 27.8. The molecule has 0 aliphatic carbocycles. The fourth-order valence-corrected chi connectivity index (χ4v) is 4.41. The van der Waals surface area contributed by atoms with Crippen LogP contribution in [0.1, 0.15) is 22.0 Å². The highest BCUT2D eigenvalue weighted by atomic mass is 35.5. The maximum absolute atomic E-state index is 14.8. The molecule has 1 N–H and O–H groups in total. The van der Waals surface area contributed by atoms with Crippen molar-refractivity contribution in [2.75, 3.05) is 0 Å². The molecule has 3 aromatic rings. The third kappa shape index (κ3) is 3.45. The van der Waals surface area contributed by atoms with Gasteiger partial charge in [-0.3, -0.25) is 9.59 Å². The summed E-state index contributed by atoms with van der Waals surface area (Å²) in [6.45, 7) is 0.100. The zero-order chi connectivity index (χ0) is 20.5. The molecule has 1 aromatic heterocycles. The molecule has 0 saturated carbocycles. The molecule has 1 aliphatic rings. The molecule has 4 rings (SSSR count). The van der Waals surface area contributed by atoms with Crippen LogP contribution in [0.4, 0.5) is 4.39 Å². The minimum Gasteiger partial charge on any atom is -0.507 e. The summed E-state index contributed by atoms with van der Waals surface area (Å²) in [5.74, 6) is -2.69. The smallest absolute Gasteiger partial charge is 0.295 e. The van der Waals surface area contributed by atoms with E-state index in [2.05, 4.69) is 0 Å². The van der Waals surface area contributed by atoms with Crippen LogP contribution in [-0.2, 0) is 16.1 Å². The first-order chi connectivity index (χ1) is 14.0. The van der Waals surface area contributed by atoms with Crippen LogP contribution in [-0.4, -0.2) is 21.7 Å². The number of likely N-dealkylation sites (tertiary alicyclic amines) is 1. The summed E-state index contributed by atoms with van der Waals surface area (Å²) >= 11 is 7.69. The first-order valence-electron chi connectivity index (χ1n) is 8.79. The highest BCUT2D eigenvalue weighted by Gasteiger charge is 2.47. The average Bonchev–Trinajstić information content (AvgIpc) is 3.31. The maximum atomic E-state index is 14.8. The monoisotopic (exact) mass is 427 g/mol. The number of amides is 1. The Morgan fingerprint density at radius 3 is 2.48 bits per heavy atom. The fourth-order valence-electron chi connectivity index (χ4n) is 3.44. The Hall–Kier alpha value is -2.96. The van der Waals surface area contributed by atoms with Crippen LogP contribution < -0.4 is 0 Å². The molecule has 0 bridgehead atoms. The van der Waals surface area contributed by atoms with Gasteiger partial charge in [-0.25, -0.2) is 4.39 Å². The van der Waals surface area contributed by atoms with E-state index in [1.54, 1.807) is 30.3 Å². The predicted octanol–water partition coefficient (Wildman–Crippen LogP) is 5.16. The van der Waals surface area contributed by atoms with Gasteiger partial charge in [-0.15, -0.1) is 11.3 Å². The third-order valence-corrected chi connectivity index (χ3v) is 5.96. The summed E-state index contributed by atoms with van der Waals surface area (Å²) < 4.78 is 14.8. The predicted molar refractivity (Wildman–Crippen MR) is 110 cm³/mol. The van der Waals surface area contributed by atoms with Gasteiger partial charge in [0.1, 0.15) is 11.6 Å². The molecule has 146 valence electrons. The Morgan fingerprint density at radius 2 is 1.83 bits per heavy atom. The molecule has 1 fully saturated rings. The minimum absolute atomic E-state index is 0.0117. The lowest BCUT2D eigenvalue weighted by atomic mass is 9.95. The van der Waals surface area contributed by atoms with E-state index in [1.165, 1.54) is 34.4 Å². The number of Topliss-reactive ketones (excluding diaryl/α,β-unsaturated/α-hetero) is 1. The Labute approximate surface area is 175 Å². The lowest BCUT2D eigenvalue weighted by molar-refractivity contribution is -0.140. The molecule has 1 saturated heterocycles. The van der Waals surface area contributed by atoms with E-state index < -0.39 is 23.5 Å². The number of thiophene rings is 1. The standard InChI is InChI=1S/C22H15ClFNO3S/c23-15-9-4-10-16(24)17(15)19-18(20(26)13-6-2-1-3-7-13)21(27)22(28)25(19)12-14-8-5-11-29-14/h1-11,19,26H,12H2/b20-18+. The van der Waals surface area contributed by atoms with E-state index in [0.717, 1.165) is 4.88 Å². The topological polar surface area (TPSA) is 57.6 Å². The first kappa shape index (κ1) is 19.4. The van der Waals surface area contributed by atoms with E-state index in [4.69, 9.17) is 11.6 Å². The summed E-state index contributed by atoms with van der Waals surface area (Å²) in [6.07, 6.45) is 0. The normalized spacial score (nSPS) is 18.4. The largest absolute Gasteiger partial charge is 0.507 e. The number of halogens is 2. The van der Waals surface area contributed by atoms with Crippen molar-refractivity contribution in [2.45, 2.75) is 12.6 Å². The molecule has 1 amide bonds. The number of aliphatic hydroxyl groups is 1. The number of nitrogens with zero attached hydrogens (tertiary/aromatic N) is 1. The first-order valence-corrected chi connectivity index (χ1v) is 10.0. The van der Waals surface area contributed by atoms with Gasteiger partial charge in [-0.2, -0.15) is 0 Å². The van der Waals surface area contributed by atoms with E-state index in [-0.39, 0.29) is 28.5 Å².